The largest absolute Gasteiger partial charge is 0.350 e. The molecule has 0 bridgehead atoms. The summed E-state index contributed by atoms with van der Waals surface area (Å²) >= 11 is 0. The lowest BCUT2D eigenvalue weighted by Crippen LogP contribution is -2.49. The van der Waals surface area contributed by atoms with Gasteiger partial charge in [0.15, 0.2) is 5.65 Å². The summed E-state index contributed by atoms with van der Waals surface area (Å²) in [6.45, 7) is 2.10. The summed E-state index contributed by atoms with van der Waals surface area (Å²) in [5, 5.41) is 4.60. The molecule has 2 aromatic heterocycles. The Kier molecular flexibility index (Phi) is 5.25. The number of aromatic nitrogens is 3. The number of hydrogen-bond acceptors (Lipinski definition) is 4. The predicted octanol–water partition coefficient (Wildman–Crippen LogP) is 5.80. The van der Waals surface area contributed by atoms with Crippen molar-refractivity contribution in [3.63, 3.8) is 0 Å². The summed E-state index contributed by atoms with van der Waals surface area (Å²) in [5.74, 6) is 0.140. The van der Waals surface area contributed by atoms with Gasteiger partial charge in [-0.25, -0.2) is 18.2 Å². The summed E-state index contributed by atoms with van der Waals surface area (Å²) in [5.41, 5.74) is 3.52. The van der Waals surface area contributed by atoms with Crippen molar-refractivity contribution in [1.82, 2.24) is 19.5 Å². The van der Waals surface area contributed by atoms with E-state index >= 15 is 8.78 Å². The third kappa shape index (κ3) is 3.75. The first kappa shape index (κ1) is 23.3. The van der Waals surface area contributed by atoms with Crippen LogP contribution in [0.15, 0.2) is 54.6 Å². The van der Waals surface area contributed by atoms with Gasteiger partial charge < -0.3 is 9.80 Å². The normalized spacial score (nSPS) is 21.5. The number of anilines is 1. The van der Waals surface area contributed by atoms with Crippen LogP contribution in [0.4, 0.5) is 19.0 Å². The molecule has 0 spiro atoms. The minimum Gasteiger partial charge on any atom is -0.350 e. The highest BCUT2D eigenvalue weighted by Gasteiger charge is 2.36. The summed E-state index contributed by atoms with van der Waals surface area (Å²) < 4.78 is 45.4. The van der Waals surface area contributed by atoms with Crippen LogP contribution in [0.3, 0.4) is 0 Å². The molecule has 194 valence electrons. The van der Waals surface area contributed by atoms with E-state index in [4.69, 9.17) is 0 Å². The molecule has 1 aliphatic carbocycles. The van der Waals surface area contributed by atoms with Gasteiger partial charge >= 0.3 is 0 Å². The topological polar surface area (TPSA) is 53.7 Å². The van der Waals surface area contributed by atoms with E-state index < -0.39 is 18.3 Å². The van der Waals surface area contributed by atoms with Gasteiger partial charge in [0.05, 0.1) is 31.4 Å². The molecular weight excluding hydrogens is 491 g/mol. The van der Waals surface area contributed by atoms with E-state index in [-0.39, 0.29) is 37.2 Å². The molecular formula is C29H26F3N5O. The number of nitrogens with zero attached hydrogens (tertiary/aromatic N) is 5. The van der Waals surface area contributed by atoms with E-state index in [9.17, 15) is 9.18 Å². The molecule has 3 aliphatic rings. The van der Waals surface area contributed by atoms with Crippen molar-refractivity contribution in [2.24, 2.45) is 0 Å². The zero-order valence-corrected chi connectivity index (χ0v) is 20.8. The molecule has 2 aromatic carbocycles. The fourth-order valence-corrected chi connectivity index (χ4v) is 5.63. The summed E-state index contributed by atoms with van der Waals surface area (Å²) in [6.07, 6.45) is -0.133. The standard InChI is InChI=1S/C29H26F3N5O/c1-16-20-4-2-3-5-21(20)24(32)15-36(16)29(38)26-12-28(35-13-19(30)14-35)37-27(33-26)11-25(34-37)22-9-8-18(10-23(22)31)17-6-7-17/h2-5,8-12,16-17,19,24H,6-7,13-15H2,1H3. The van der Waals surface area contributed by atoms with Crippen molar-refractivity contribution in [3.05, 3.63) is 82.8 Å². The van der Waals surface area contributed by atoms with Crippen LogP contribution in [0.25, 0.3) is 16.9 Å². The number of rotatable bonds is 4. The molecule has 6 nitrogen and oxygen atoms in total. The molecule has 2 aliphatic heterocycles. The number of halogens is 3. The highest BCUT2D eigenvalue weighted by molar-refractivity contribution is 5.94. The molecule has 2 fully saturated rings. The van der Waals surface area contributed by atoms with Gasteiger partial charge in [-0.15, -0.1) is 0 Å². The molecule has 1 saturated heterocycles. The predicted molar refractivity (Wildman–Crippen MR) is 137 cm³/mol. The summed E-state index contributed by atoms with van der Waals surface area (Å²) in [7, 11) is 0. The lowest BCUT2D eigenvalue weighted by atomic mass is 9.92. The van der Waals surface area contributed by atoms with E-state index in [0.29, 0.717) is 34.2 Å². The third-order valence-electron chi connectivity index (χ3n) is 7.98. The number of alkyl halides is 2. The third-order valence-corrected chi connectivity index (χ3v) is 7.98. The van der Waals surface area contributed by atoms with E-state index in [1.807, 2.05) is 25.1 Å². The summed E-state index contributed by atoms with van der Waals surface area (Å²) in [4.78, 5) is 21.5. The minimum absolute atomic E-state index is 0.0848. The zero-order valence-electron chi connectivity index (χ0n) is 20.8. The van der Waals surface area contributed by atoms with E-state index in [1.165, 1.54) is 9.42 Å². The fraction of sp³-hybridized carbons (Fsp3) is 0.345. The van der Waals surface area contributed by atoms with Crippen molar-refractivity contribution in [2.75, 3.05) is 24.5 Å². The van der Waals surface area contributed by atoms with E-state index in [0.717, 1.165) is 24.0 Å². The number of carbonyl (C=O) groups is 1. The average Bonchev–Trinajstić information content (AvgIpc) is 3.67. The van der Waals surface area contributed by atoms with Gasteiger partial charge in [0, 0.05) is 17.7 Å². The van der Waals surface area contributed by atoms with Crippen molar-refractivity contribution < 1.29 is 18.0 Å². The highest BCUT2D eigenvalue weighted by atomic mass is 19.1. The van der Waals surface area contributed by atoms with Crippen molar-refractivity contribution in [3.8, 4) is 11.3 Å². The van der Waals surface area contributed by atoms with Crippen LogP contribution in [0.5, 0.6) is 0 Å². The van der Waals surface area contributed by atoms with Gasteiger partial charge in [0.25, 0.3) is 5.91 Å². The molecule has 0 radical (unpaired) electrons. The Balaban J connectivity index is 1.29. The van der Waals surface area contributed by atoms with Crippen LogP contribution in [-0.2, 0) is 0 Å². The smallest absolute Gasteiger partial charge is 0.273 e. The van der Waals surface area contributed by atoms with Gasteiger partial charge in [-0.1, -0.05) is 30.3 Å². The Hall–Kier alpha value is -3.88. The molecule has 1 saturated carbocycles. The van der Waals surface area contributed by atoms with Crippen molar-refractivity contribution >= 4 is 17.4 Å². The number of amides is 1. The fourth-order valence-electron chi connectivity index (χ4n) is 5.63. The quantitative estimate of drug-likeness (QED) is 0.344. The number of benzene rings is 2. The second kappa shape index (κ2) is 8.58. The number of fused-ring (bicyclic) bond motifs is 2. The van der Waals surface area contributed by atoms with Crippen LogP contribution < -0.4 is 4.90 Å². The maximum atomic E-state index is 15.1. The maximum absolute atomic E-state index is 15.1. The monoisotopic (exact) mass is 517 g/mol. The number of carbonyl (C=O) groups excluding carboxylic acids is 1. The Bertz CT molecular complexity index is 1580. The molecule has 1 amide bonds. The van der Waals surface area contributed by atoms with Gasteiger partial charge in [0.1, 0.15) is 29.7 Å². The Labute approximate surface area is 217 Å². The maximum Gasteiger partial charge on any atom is 0.273 e. The first-order valence-electron chi connectivity index (χ1n) is 13.0. The first-order chi connectivity index (χ1) is 18.4. The highest BCUT2D eigenvalue weighted by Crippen LogP contribution is 2.41. The summed E-state index contributed by atoms with van der Waals surface area (Å²) in [6, 6.07) is 15.3. The van der Waals surface area contributed by atoms with Crippen molar-refractivity contribution in [2.45, 2.75) is 44.1 Å². The van der Waals surface area contributed by atoms with Crippen molar-refractivity contribution in [1.29, 1.82) is 0 Å². The van der Waals surface area contributed by atoms with Gasteiger partial charge in [-0.05, 0) is 54.5 Å². The lowest BCUT2D eigenvalue weighted by molar-refractivity contribution is 0.0585. The second-order valence-electron chi connectivity index (χ2n) is 10.5. The zero-order chi connectivity index (χ0) is 26.1. The first-order valence-corrected chi connectivity index (χ1v) is 13.0. The van der Waals surface area contributed by atoms with Crippen LogP contribution in [0, 0.1) is 5.82 Å². The molecule has 2 unspecified atom stereocenters. The SMILES string of the molecule is CC1c2ccccc2C(F)CN1C(=O)c1cc(N2CC(F)C2)n2nc(-c3ccc(C4CC4)cc3F)cc2n1. The molecule has 4 heterocycles. The van der Waals surface area contributed by atoms with E-state index in [2.05, 4.69) is 10.1 Å². The van der Waals surface area contributed by atoms with E-state index in [1.54, 1.807) is 41.3 Å². The van der Waals surface area contributed by atoms with Crippen LogP contribution in [0.1, 0.15) is 65.1 Å². The molecule has 7 rings (SSSR count). The van der Waals surface area contributed by atoms with Gasteiger partial charge in [0.2, 0.25) is 0 Å². The molecule has 0 N–H and O–H groups in total. The Morgan fingerprint density at radius 3 is 2.45 bits per heavy atom. The number of hydrogen-bond donors (Lipinski definition) is 0. The van der Waals surface area contributed by atoms with Crippen LogP contribution in [0.2, 0.25) is 0 Å². The van der Waals surface area contributed by atoms with Gasteiger partial charge in [-0.2, -0.15) is 9.61 Å². The Morgan fingerprint density at radius 2 is 1.74 bits per heavy atom. The van der Waals surface area contributed by atoms with Crippen LogP contribution in [-0.4, -0.2) is 51.2 Å². The molecule has 9 heteroatoms. The lowest BCUT2D eigenvalue weighted by Gasteiger charge is -2.38. The average molecular weight is 518 g/mol. The molecule has 38 heavy (non-hydrogen) atoms. The molecule has 4 aromatic rings. The minimum atomic E-state index is -1.31. The Morgan fingerprint density at radius 1 is 0.974 bits per heavy atom. The van der Waals surface area contributed by atoms with Crippen LogP contribution >= 0.6 is 0 Å². The molecule has 2 atom stereocenters. The second-order valence-corrected chi connectivity index (χ2v) is 10.5. The van der Waals surface area contributed by atoms with Gasteiger partial charge in [-0.3, -0.25) is 4.79 Å².